The molecule has 0 fully saturated rings. The molecule has 1 unspecified atom stereocenters. The number of methoxy groups -OCH3 is 1. The fourth-order valence-corrected chi connectivity index (χ4v) is 3.73. The molecule has 1 aliphatic rings. The summed E-state index contributed by atoms with van der Waals surface area (Å²) in [5.41, 5.74) is 0.758. The summed E-state index contributed by atoms with van der Waals surface area (Å²) in [7, 11) is 3.22. The zero-order chi connectivity index (χ0) is 18.4. The number of hydrogen-bond acceptors (Lipinski definition) is 5. The van der Waals surface area contributed by atoms with Crippen LogP contribution in [-0.2, 0) is 14.4 Å². The number of ether oxygens (including phenoxy) is 1. The second-order valence-electron chi connectivity index (χ2n) is 5.72. The van der Waals surface area contributed by atoms with E-state index in [0.717, 1.165) is 17.0 Å². The Morgan fingerprint density at radius 1 is 1.32 bits per heavy atom. The van der Waals surface area contributed by atoms with Gasteiger partial charge in [0.1, 0.15) is 5.75 Å². The number of carbonyl (C=O) groups is 3. The van der Waals surface area contributed by atoms with Crippen LogP contribution in [0, 0.1) is 0 Å². The standard InChI is InChI=1S/C17H22N2O5S/c1-19-12-8-7-11(24-2)10-13(12)25-15(17(19)23)16(22)18-9-5-3-4-6-14(20)21/h7-8,10,15H,3-6,9H2,1-2H3,(H,18,22)(H,20,21). The molecule has 1 aliphatic heterocycles. The Hall–Kier alpha value is -2.22. The smallest absolute Gasteiger partial charge is 0.303 e. The first-order chi connectivity index (χ1) is 11.9. The lowest BCUT2D eigenvalue weighted by molar-refractivity contribution is -0.137. The van der Waals surface area contributed by atoms with E-state index in [4.69, 9.17) is 9.84 Å². The first-order valence-corrected chi connectivity index (χ1v) is 8.93. The average Bonchev–Trinajstić information content (AvgIpc) is 2.60. The summed E-state index contributed by atoms with van der Waals surface area (Å²) < 4.78 is 5.20. The minimum Gasteiger partial charge on any atom is -0.497 e. The molecule has 1 aromatic carbocycles. The van der Waals surface area contributed by atoms with Gasteiger partial charge in [-0.1, -0.05) is 6.42 Å². The lowest BCUT2D eigenvalue weighted by atomic mass is 10.2. The van der Waals surface area contributed by atoms with Gasteiger partial charge < -0.3 is 20.1 Å². The molecule has 1 atom stereocenters. The summed E-state index contributed by atoms with van der Waals surface area (Å²) in [4.78, 5) is 37.5. The molecule has 1 aromatic rings. The highest BCUT2D eigenvalue weighted by Crippen LogP contribution is 2.40. The van der Waals surface area contributed by atoms with E-state index in [1.54, 1.807) is 26.3 Å². The van der Waals surface area contributed by atoms with Crippen molar-refractivity contribution in [1.82, 2.24) is 5.32 Å². The van der Waals surface area contributed by atoms with Crippen molar-refractivity contribution in [2.24, 2.45) is 0 Å². The lowest BCUT2D eigenvalue weighted by Crippen LogP contribution is -2.47. The Morgan fingerprint density at radius 2 is 2.08 bits per heavy atom. The predicted molar refractivity (Wildman–Crippen MR) is 95.2 cm³/mol. The van der Waals surface area contributed by atoms with Crippen LogP contribution in [0.4, 0.5) is 5.69 Å². The van der Waals surface area contributed by atoms with Crippen LogP contribution < -0.4 is 15.0 Å². The van der Waals surface area contributed by atoms with E-state index in [9.17, 15) is 14.4 Å². The molecule has 0 spiro atoms. The van der Waals surface area contributed by atoms with Crippen molar-refractivity contribution >= 4 is 35.2 Å². The van der Waals surface area contributed by atoms with E-state index in [1.807, 2.05) is 6.07 Å². The summed E-state index contributed by atoms with van der Waals surface area (Å²) >= 11 is 1.22. The number of carbonyl (C=O) groups excluding carboxylic acids is 2. The number of thioether (sulfide) groups is 1. The number of nitrogens with one attached hydrogen (secondary N) is 1. The van der Waals surface area contributed by atoms with Crippen molar-refractivity contribution < 1.29 is 24.2 Å². The van der Waals surface area contributed by atoms with Crippen molar-refractivity contribution in [2.75, 3.05) is 25.6 Å². The van der Waals surface area contributed by atoms with Gasteiger partial charge in [-0.2, -0.15) is 0 Å². The van der Waals surface area contributed by atoms with E-state index in [0.29, 0.717) is 25.1 Å². The maximum absolute atomic E-state index is 12.4. The van der Waals surface area contributed by atoms with Gasteiger partial charge in [-0.3, -0.25) is 14.4 Å². The van der Waals surface area contributed by atoms with E-state index in [2.05, 4.69) is 5.32 Å². The van der Waals surface area contributed by atoms with Crippen LogP contribution in [0.25, 0.3) is 0 Å². The van der Waals surface area contributed by atoms with Crippen LogP contribution in [-0.4, -0.2) is 48.8 Å². The van der Waals surface area contributed by atoms with Gasteiger partial charge in [0.15, 0.2) is 5.25 Å². The van der Waals surface area contributed by atoms with Gasteiger partial charge in [-0.25, -0.2) is 0 Å². The van der Waals surface area contributed by atoms with Crippen molar-refractivity contribution in [3.8, 4) is 5.75 Å². The first-order valence-electron chi connectivity index (χ1n) is 8.06. The maximum atomic E-state index is 12.4. The maximum Gasteiger partial charge on any atom is 0.303 e. The topological polar surface area (TPSA) is 95.9 Å². The minimum atomic E-state index is -0.830. The van der Waals surface area contributed by atoms with Crippen molar-refractivity contribution in [1.29, 1.82) is 0 Å². The Bertz CT molecular complexity index is 664. The number of aliphatic carboxylic acids is 1. The quantitative estimate of drug-likeness (QED) is 0.539. The summed E-state index contributed by atoms with van der Waals surface area (Å²) in [5.74, 6) is -0.725. The van der Waals surface area contributed by atoms with Crippen LogP contribution in [0.1, 0.15) is 25.7 Å². The predicted octanol–water partition coefficient (Wildman–Crippen LogP) is 1.89. The Labute approximate surface area is 150 Å². The molecule has 2 amide bonds. The summed E-state index contributed by atoms with van der Waals surface area (Å²) in [5, 5.41) is 10.5. The van der Waals surface area contributed by atoms with Crippen LogP contribution in [0.3, 0.4) is 0 Å². The van der Waals surface area contributed by atoms with Gasteiger partial charge in [0.05, 0.1) is 12.8 Å². The minimum absolute atomic E-state index is 0.133. The van der Waals surface area contributed by atoms with Crippen molar-refractivity contribution in [2.45, 2.75) is 35.8 Å². The van der Waals surface area contributed by atoms with Crippen LogP contribution in [0.5, 0.6) is 5.75 Å². The fourth-order valence-electron chi connectivity index (χ4n) is 2.51. The zero-order valence-corrected chi connectivity index (χ0v) is 15.1. The van der Waals surface area contributed by atoms with Crippen LogP contribution >= 0.6 is 11.8 Å². The molecule has 0 aromatic heterocycles. The Kier molecular flexibility index (Phi) is 6.69. The van der Waals surface area contributed by atoms with Gasteiger partial charge in [-0.15, -0.1) is 11.8 Å². The molecule has 2 rings (SSSR count). The number of amides is 2. The molecule has 25 heavy (non-hydrogen) atoms. The number of anilines is 1. The molecule has 0 aliphatic carbocycles. The van der Waals surface area contributed by atoms with Gasteiger partial charge in [-0.05, 0) is 31.0 Å². The number of nitrogens with zero attached hydrogens (tertiary/aromatic N) is 1. The van der Waals surface area contributed by atoms with Gasteiger partial charge in [0.2, 0.25) is 11.8 Å². The molecular weight excluding hydrogens is 344 g/mol. The number of carboxylic acids is 1. The molecule has 7 nitrogen and oxygen atoms in total. The van der Waals surface area contributed by atoms with E-state index in [-0.39, 0.29) is 18.2 Å². The molecule has 0 saturated heterocycles. The number of unbranched alkanes of at least 4 members (excludes halogenated alkanes) is 2. The molecule has 136 valence electrons. The molecule has 8 heteroatoms. The molecule has 0 saturated carbocycles. The normalized spacial score (nSPS) is 16.3. The number of benzene rings is 1. The molecular formula is C17H22N2O5S. The zero-order valence-electron chi connectivity index (χ0n) is 14.3. The highest BCUT2D eigenvalue weighted by molar-refractivity contribution is 8.01. The largest absolute Gasteiger partial charge is 0.497 e. The van der Waals surface area contributed by atoms with Crippen molar-refractivity contribution in [3.05, 3.63) is 18.2 Å². The second-order valence-corrected chi connectivity index (χ2v) is 6.87. The summed E-state index contributed by atoms with van der Waals surface area (Å²) in [6, 6.07) is 5.39. The van der Waals surface area contributed by atoms with E-state index < -0.39 is 11.2 Å². The van der Waals surface area contributed by atoms with E-state index >= 15 is 0 Å². The highest BCUT2D eigenvalue weighted by Gasteiger charge is 2.36. The number of hydrogen-bond donors (Lipinski definition) is 2. The molecule has 2 N–H and O–H groups in total. The Balaban J connectivity index is 1.91. The molecule has 0 bridgehead atoms. The SMILES string of the molecule is COc1ccc2c(c1)SC(C(=O)NCCCCCC(=O)O)C(=O)N2C. The van der Waals surface area contributed by atoms with E-state index in [1.165, 1.54) is 16.7 Å². The molecule has 0 radical (unpaired) electrons. The van der Waals surface area contributed by atoms with Crippen molar-refractivity contribution in [3.63, 3.8) is 0 Å². The number of fused-ring (bicyclic) bond motifs is 1. The fraction of sp³-hybridized carbons (Fsp3) is 0.471. The molecule has 1 heterocycles. The lowest BCUT2D eigenvalue weighted by Gasteiger charge is -2.30. The van der Waals surface area contributed by atoms with Crippen LogP contribution in [0.2, 0.25) is 0 Å². The van der Waals surface area contributed by atoms with Gasteiger partial charge >= 0.3 is 5.97 Å². The third kappa shape index (κ3) is 4.88. The van der Waals surface area contributed by atoms with Crippen LogP contribution in [0.15, 0.2) is 23.1 Å². The highest BCUT2D eigenvalue weighted by atomic mass is 32.2. The number of carboxylic acid groups (broad SMARTS) is 1. The average molecular weight is 366 g/mol. The summed E-state index contributed by atoms with van der Waals surface area (Å²) in [6.07, 6.45) is 2.12. The van der Waals surface area contributed by atoms with Gasteiger partial charge in [0.25, 0.3) is 0 Å². The third-order valence-corrected chi connectivity index (χ3v) is 5.17. The number of rotatable bonds is 8. The van der Waals surface area contributed by atoms with Gasteiger partial charge in [0, 0.05) is 24.9 Å². The monoisotopic (exact) mass is 366 g/mol. The third-order valence-electron chi connectivity index (χ3n) is 3.93. The Morgan fingerprint density at radius 3 is 2.76 bits per heavy atom. The second kappa shape index (κ2) is 8.75. The first kappa shape index (κ1) is 19.1. The summed E-state index contributed by atoms with van der Waals surface area (Å²) in [6.45, 7) is 0.428.